The van der Waals surface area contributed by atoms with Crippen molar-refractivity contribution < 1.29 is 26.4 Å². The summed E-state index contributed by atoms with van der Waals surface area (Å²) in [6.07, 6.45) is 12.0. The third-order valence-corrected chi connectivity index (χ3v) is 10.9. The molecule has 0 saturated heterocycles. The minimum Gasteiger partial charge on any atom is -0.386 e. The second-order valence-corrected chi connectivity index (χ2v) is 14.0. The number of fused-ring (bicyclic) bond motifs is 4. The number of carbonyl (C=O) groups excluding carboxylic acids is 2. The molecule has 6 aromatic rings. The van der Waals surface area contributed by atoms with Crippen LogP contribution in [0, 0.1) is 0 Å². The first-order valence-corrected chi connectivity index (χ1v) is 18.2. The first-order chi connectivity index (χ1) is 25.6. The van der Waals surface area contributed by atoms with E-state index in [-0.39, 0.29) is 40.4 Å². The van der Waals surface area contributed by atoms with E-state index in [0.717, 1.165) is 90.4 Å². The molecule has 0 unspecified atom stereocenters. The molecule has 0 bridgehead atoms. The molecule has 0 spiro atoms. The van der Waals surface area contributed by atoms with Crippen LogP contribution in [0.4, 0.5) is 0 Å². The van der Waals surface area contributed by atoms with Crippen LogP contribution in [0.1, 0.15) is 36.8 Å². The molecule has 1 saturated carbocycles. The first-order valence-electron chi connectivity index (χ1n) is 18.2. The van der Waals surface area contributed by atoms with Crippen LogP contribution < -0.4 is 31.5 Å². The van der Waals surface area contributed by atoms with Gasteiger partial charge in [0.05, 0.1) is 0 Å². The van der Waals surface area contributed by atoms with Crippen molar-refractivity contribution in [2.45, 2.75) is 37.8 Å². The predicted molar refractivity (Wildman–Crippen MR) is 212 cm³/mol. The number of ketones is 2. The minimum absolute atomic E-state index is 0. The Labute approximate surface area is 318 Å². The topological polar surface area (TPSA) is 58.2 Å². The number of Topliss-reactive ketones (excluding diaryl/α,β-unsaturated/α-hetero) is 2. The molecule has 4 nitrogen and oxygen atoms in total. The van der Waals surface area contributed by atoms with Crippen LogP contribution in [0.2, 0.25) is 0 Å². The Hall–Kier alpha value is -5.75. The van der Waals surface area contributed by atoms with Gasteiger partial charge in [-0.15, -0.1) is 0 Å². The molecule has 261 valence electrons. The van der Waals surface area contributed by atoms with E-state index in [2.05, 4.69) is 71.3 Å². The summed E-state index contributed by atoms with van der Waals surface area (Å²) in [6.45, 7) is 0. The smallest absolute Gasteiger partial charge is 0.195 e. The molecule has 1 fully saturated rings. The Morgan fingerprint density at radius 1 is 0.472 bits per heavy atom. The van der Waals surface area contributed by atoms with Gasteiger partial charge in [0.2, 0.25) is 0 Å². The van der Waals surface area contributed by atoms with Crippen molar-refractivity contribution in [2.24, 2.45) is 0 Å². The van der Waals surface area contributed by atoms with Gasteiger partial charge >= 0.3 is 0 Å². The molecule has 3 aliphatic rings. The zero-order valence-corrected chi connectivity index (χ0v) is 30.2. The van der Waals surface area contributed by atoms with Gasteiger partial charge in [-0.1, -0.05) is 146 Å². The van der Waals surface area contributed by atoms with Crippen molar-refractivity contribution in [3.8, 4) is 0 Å². The van der Waals surface area contributed by atoms with Gasteiger partial charge in [0, 0.05) is 63.6 Å². The largest absolute Gasteiger partial charge is 0.386 e. The Balaban J connectivity index is 0.00000400. The van der Waals surface area contributed by atoms with Gasteiger partial charge in [0.15, 0.2) is 11.6 Å². The van der Waals surface area contributed by atoms with Crippen LogP contribution in [0.5, 0.6) is 0 Å². The van der Waals surface area contributed by atoms with Gasteiger partial charge in [0.1, 0.15) is 0 Å². The van der Waals surface area contributed by atoms with Crippen molar-refractivity contribution in [3.05, 3.63) is 189 Å². The minimum atomic E-state index is 0. The second kappa shape index (κ2) is 14.7. The molecule has 2 N–H and O–H groups in total. The van der Waals surface area contributed by atoms with E-state index in [0.29, 0.717) is 11.1 Å². The monoisotopic (exact) mass is 733 g/mol. The van der Waals surface area contributed by atoms with Gasteiger partial charge in [0.25, 0.3) is 0 Å². The molecule has 1 radical (unpaired) electrons. The van der Waals surface area contributed by atoms with Gasteiger partial charge in [-0.25, -0.2) is 0 Å². The summed E-state index contributed by atoms with van der Waals surface area (Å²) < 4.78 is 0. The summed E-state index contributed by atoms with van der Waals surface area (Å²) in [6, 6.07) is 45.3. The van der Waals surface area contributed by atoms with Crippen LogP contribution >= 0.6 is 0 Å². The van der Waals surface area contributed by atoms with Crippen molar-refractivity contribution in [1.82, 2.24) is 10.6 Å². The second-order valence-electron chi connectivity index (χ2n) is 14.0. The van der Waals surface area contributed by atoms with E-state index < -0.39 is 0 Å². The Kier molecular flexibility index (Phi) is 9.53. The third kappa shape index (κ3) is 6.37. The summed E-state index contributed by atoms with van der Waals surface area (Å²) in [7, 11) is 0. The summed E-state index contributed by atoms with van der Waals surface area (Å²) in [4.78, 5) is 28.7. The van der Waals surface area contributed by atoms with Gasteiger partial charge in [-0.05, 0) is 78.5 Å². The number of benzene rings is 6. The molecule has 6 aromatic carbocycles. The maximum absolute atomic E-state index is 14.3. The van der Waals surface area contributed by atoms with Gasteiger partial charge in [-0.3, -0.25) is 9.59 Å². The van der Waals surface area contributed by atoms with Crippen LogP contribution in [-0.4, -0.2) is 23.7 Å². The molecule has 3 aliphatic carbocycles. The molecule has 9 rings (SSSR count). The van der Waals surface area contributed by atoms with E-state index in [1.54, 1.807) is 0 Å². The Bertz CT molecular complexity index is 2560. The number of hydrogen-bond acceptors (Lipinski definition) is 4. The number of hydrogen-bond donors (Lipinski definition) is 2. The zero-order valence-electron chi connectivity index (χ0n) is 29.1. The summed E-state index contributed by atoms with van der Waals surface area (Å²) in [5.74, 6) is 0.0325. The normalized spacial score (nSPS) is 19.6. The molecule has 0 aromatic heterocycles. The van der Waals surface area contributed by atoms with Crippen molar-refractivity contribution in [3.63, 3.8) is 0 Å². The molecule has 0 amide bonds. The SMILES string of the molecule is O=C1C(c2cccc3ccccc23)=c2ccccc2=C/C1=C/N[C@@H]1CCCC[C@H]1N/C=C1/C=c2ccccc2=C(c2cccc3ccccc23)C1=O.[Co]. The fourth-order valence-electron chi connectivity index (χ4n) is 8.26. The summed E-state index contributed by atoms with van der Waals surface area (Å²) in [5, 5.41) is 15.7. The van der Waals surface area contributed by atoms with Crippen molar-refractivity contribution in [2.75, 3.05) is 0 Å². The van der Waals surface area contributed by atoms with E-state index in [9.17, 15) is 9.59 Å². The fraction of sp³-hybridized carbons (Fsp3) is 0.125. The predicted octanol–water partition coefficient (Wildman–Crippen LogP) is 6.07. The molecule has 0 heterocycles. The van der Waals surface area contributed by atoms with E-state index in [1.165, 1.54) is 0 Å². The Morgan fingerprint density at radius 3 is 1.34 bits per heavy atom. The third-order valence-electron chi connectivity index (χ3n) is 10.9. The van der Waals surface area contributed by atoms with Crippen LogP contribution in [0.15, 0.2) is 157 Å². The van der Waals surface area contributed by atoms with Crippen molar-refractivity contribution in [1.29, 1.82) is 0 Å². The van der Waals surface area contributed by atoms with Gasteiger partial charge in [-0.2, -0.15) is 0 Å². The van der Waals surface area contributed by atoms with Gasteiger partial charge < -0.3 is 10.6 Å². The van der Waals surface area contributed by atoms with Crippen LogP contribution in [0.25, 0.3) is 44.8 Å². The van der Waals surface area contributed by atoms with Crippen LogP contribution in [0.3, 0.4) is 0 Å². The number of rotatable bonds is 6. The molecule has 0 aliphatic heterocycles. The standard InChI is InChI=1S/C48H38N2O2.Co/c51-47-35(27-33-15-3-7-21-39(33)45(47)41-23-11-17-31-13-1-5-19-37(31)41)29-49-43-25-9-10-26-44(43)50-30-36-28-34-16-4-8-22-40(34)46(48(36)52)42-24-12-18-32-14-2-6-20-38(32)42;/h1-8,11-24,27-30,43-44,49-50H,9-10,25-26H2;/b35-29-,36-30-;/t43-,44-;/m1./s1. The molecular formula is C48H38CoN2O2. The summed E-state index contributed by atoms with van der Waals surface area (Å²) >= 11 is 0. The van der Waals surface area contributed by atoms with E-state index in [1.807, 2.05) is 97.3 Å². The average molecular weight is 734 g/mol. The molecule has 53 heavy (non-hydrogen) atoms. The summed E-state index contributed by atoms with van der Waals surface area (Å²) in [5.41, 5.74) is 4.66. The maximum Gasteiger partial charge on any atom is 0.195 e. The fourth-order valence-corrected chi connectivity index (χ4v) is 8.26. The average Bonchev–Trinajstić information content (AvgIpc) is 3.19. The van der Waals surface area contributed by atoms with Crippen LogP contribution in [-0.2, 0) is 26.4 Å². The molecular weight excluding hydrogens is 695 g/mol. The molecule has 2 atom stereocenters. The quantitative estimate of drug-likeness (QED) is 0.204. The Morgan fingerprint density at radius 2 is 0.868 bits per heavy atom. The van der Waals surface area contributed by atoms with Crippen molar-refractivity contribution >= 4 is 56.4 Å². The number of allylic oxidation sites excluding steroid dienone is 2. The first kappa shape index (κ1) is 34.3. The van der Waals surface area contributed by atoms with E-state index in [4.69, 9.17) is 0 Å². The number of nitrogens with one attached hydrogen (secondary N) is 2. The molecule has 5 heteroatoms. The number of carbonyl (C=O) groups is 2. The van der Waals surface area contributed by atoms with E-state index >= 15 is 0 Å². The maximum atomic E-state index is 14.3. The zero-order chi connectivity index (χ0) is 35.0.